The molecule has 6 heteroatoms. The Morgan fingerprint density at radius 1 is 1.38 bits per heavy atom. The fourth-order valence-corrected chi connectivity index (χ4v) is 2.91. The predicted octanol–water partition coefficient (Wildman–Crippen LogP) is 4.28. The van der Waals surface area contributed by atoms with Crippen LogP contribution in [0, 0.1) is 11.3 Å². The molecule has 3 rings (SSSR count). The van der Waals surface area contributed by atoms with Crippen LogP contribution in [0.4, 0.5) is 5.69 Å². The quantitative estimate of drug-likeness (QED) is 0.755. The van der Waals surface area contributed by atoms with E-state index in [1.807, 2.05) is 23.7 Å². The van der Waals surface area contributed by atoms with Gasteiger partial charge in [0.2, 0.25) is 0 Å². The standard InChI is InChI=1S/C15H11ClN4S/c16-13-4-3-12(6-10(13)7-17)18-8-11-9-19-20-15(11)14-2-1-5-21-14/h1-6,9,18H,8H2,(H,19,20). The Morgan fingerprint density at radius 2 is 2.29 bits per heavy atom. The maximum atomic E-state index is 8.99. The summed E-state index contributed by atoms with van der Waals surface area (Å²) in [6.07, 6.45) is 1.81. The topological polar surface area (TPSA) is 64.5 Å². The van der Waals surface area contributed by atoms with Gasteiger partial charge in [0, 0.05) is 17.8 Å². The molecule has 0 aliphatic rings. The van der Waals surface area contributed by atoms with Crippen LogP contribution in [0.5, 0.6) is 0 Å². The summed E-state index contributed by atoms with van der Waals surface area (Å²) in [4.78, 5) is 1.15. The summed E-state index contributed by atoms with van der Waals surface area (Å²) in [7, 11) is 0. The summed E-state index contributed by atoms with van der Waals surface area (Å²) in [5.74, 6) is 0. The van der Waals surface area contributed by atoms with Crippen molar-refractivity contribution in [3.63, 3.8) is 0 Å². The van der Waals surface area contributed by atoms with E-state index in [1.165, 1.54) is 0 Å². The lowest BCUT2D eigenvalue weighted by atomic mass is 10.2. The molecule has 0 spiro atoms. The van der Waals surface area contributed by atoms with E-state index < -0.39 is 0 Å². The van der Waals surface area contributed by atoms with E-state index in [0.29, 0.717) is 17.1 Å². The number of H-pyrrole nitrogens is 1. The third kappa shape index (κ3) is 2.92. The number of nitrogens with zero attached hydrogens (tertiary/aromatic N) is 2. The monoisotopic (exact) mass is 314 g/mol. The van der Waals surface area contributed by atoms with Gasteiger partial charge in [-0.05, 0) is 29.6 Å². The van der Waals surface area contributed by atoms with E-state index in [9.17, 15) is 0 Å². The van der Waals surface area contributed by atoms with Crippen molar-refractivity contribution < 1.29 is 0 Å². The van der Waals surface area contributed by atoms with Crippen LogP contribution in [-0.2, 0) is 6.54 Å². The van der Waals surface area contributed by atoms with Crippen molar-refractivity contribution in [3.05, 3.63) is 58.1 Å². The fourth-order valence-electron chi connectivity index (χ4n) is 2.00. The number of hydrogen-bond acceptors (Lipinski definition) is 4. The lowest BCUT2D eigenvalue weighted by Crippen LogP contribution is -2.00. The van der Waals surface area contributed by atoms with Gasteiger partial charge in [0.05, 0.1) is 27.4 Å². The van der Waals surface area contributed by atoms with Crippen LogP contribution in [0.3, 0.4) is 0 Å². The Morgan fingerprint density at radius 3 is 3.05 bits per heavy atom. The SMILES string of the molecule is N#Cc1cc(NCc2cn[nH]c2-c2cccs2)ccc1Cl. The minimum atomic E-state index is 0.464. The van der Waals surface area contributed by atoms with E-state index in [4.69, 9.17) is 16.9 Å². The van der Waals surface area contributed by atoms with E-state index in [-0.39, 0.29) is 0 Å². The predicted molar refractivity (Wildman–Crippen MR) is 85.4 cm³/mol. The van der Waals surface area contributed by atoms with E-state index in [2.05, 4.69) is 27.6 Å². The zero-order chi connectivity index (χ0) is 14.7. The van der Waals surface area contributed by atoms with Crippen LogP contribution >= 0.6 is 22.9 Å². The molecule has 4 nitrogen and oxygen atoms in total. The molecule has 0 unspecified atom stereocenters. The molecule has 1 aromatic carbocycles. The lowest BCUT2D eigenvalue weighted by molar-refractivity contribution is 1.10. The summed E-state index contributed by atoms with van der Waals surface area (Å²) < 4.78 is 0. The van der Waals surface area contributed by atoms with Crippen molar-refractivity contribution >= 4 is 28.6 Å². The summed E-state index contributed by atoms with van der Waals surface area (Å²) in [5.41, 5.74) is 3.42. The molecule has 2 heterocycles. The smallest absolute Gasteiger partial charge is 0.101 e. The highest BCUT2D eigenvalue weighted by Crippen LogP contribution is 2.26. The zero-order valence-corrected chi connectivity index (χ0v) is 12.5. The third-order valence-electron chi connectivity index (χ3n) is 3.06. The first-order chi connectivity index (χ1) is 10.3. The molecule has 0 bridgehead atoms. The number of halogens is 1. The zero-order valence-electron chi connectivity index (χ0n) is 10.9. The summed E-state index contributed by atoms with van der Waals surface area (Å²) in [6, 6.07) is 11.5. The number of benzene rings is 1. The maximum Gasteiger partial charge on any atom is 0.101 e. The first kappa shape index (κ1) is 13.7. The minimum Gasteiger partial charge on any atom is -0.381 e. The van der Waals surface area contributed by atoms with Crippen molar-refractivity contribution in [2.45, 2.75) is 6.54 Å². The number of anilines is 1. The van der Waals surface area contributed by atoms with Gasteiger partial charge in [-0.25, -0.2) is 0 Å². The van der Waals surface area contributed by atoms with Crippen LogP contribution in [0.25, 0.3) is 10.6 Å². The van der Waals surface area contributed by atoms with Gasteiger partial charge in [-0.2, -0.15) is 10.4 Å². The Labute approximate surface area is 131 Å². The van der Waals surface area contributed by atoms with E-state index in [0.717, 1.165) is 21.8 Å². The minimum absolute atomic E-state index is 0.464. The third-order valence-corrected chi connectivity index (χ3v) is 4.27. The van der Waals surface area contributed by atoms with Gasteiger partial charge in [0.25, 0.3) is 0 Å². The largest absolute Gasteiger partial charge is 0.381 e. The number of nitrogens with one attached hydrogen (secondary N) is 2. The number of hydrogen-bond donors (Lipinski definition) is 2. The molecule has 0 fully saturated rings. The average molecular weight is 315 g/mol. The summed E-state index contributed by atoms with van der Waals surface area (Å²) >= 11 is 7.59. The van der Waals surface area contributed by atoms with Crippen molar-refractivity contribution in [2.24, 2.45) is 0 Å². The highest BCUT2D eigenvalue weighted by atomic mass is 35.5. The normalized spacial score (nSPS) is 10.3. The highest BCUT2D eigenvalue weighted by Gasteiger charge is 2.08. The highest BCUT2D eigenvalue weighted by molar-refractivity contribution is 7.13. The Kier molecular flexibility index (Phi) is 3.91. The van der Waals surface area contributed by atoms with Crippen LogP contribution in [0.15, 0.2) is 41.9 Å². The molecule has 0 aliphatic carbocycles. The van der Waals surface area contributed by atoms with Gasteiger partial charge in [-0.1, -0.05) is 17.7 Å². The first-order valence-corrected chi connectivity index (χ1v) is 7.53. The summed E-state index contributed by atoms with van der Waals surface area (Å²) in [5, 5.41) is 21.9. The molecule has 0 saturated carbocycles. The van der Waals surface area contributed by atoms with Crippen molar-refractivity contribution in [1.29, 1.82) is 5.26 Å². The van der Waals surface area contributed by atoms with Crippen LogP contribution in [-0.4, -0.2) is 10.2 Å². The molecule has 2 aromatic heterocycles. The molecule has 3 aromatic rings. The second-order valence-corrected chi connectivity index (χ2v) is 5.76. The molecular weight excluding hydrogens is 304 g/mol. The fraction of sp³-hybridized carbons (Fsp3) is 0.0667. The van der Waals surface area contributed by atoms with Gasteiger partial charge in [0.15, 0.2) is 0 Å². The number of nitriles is 1. The molecule has 104 valence electrons. The number of aromatic amines is 1. The van der Waals surface area contributed by atoms with Gasteiger partial charge >= 0.3 is 0 Å². The van der Waals surface area contributed by atoms with Crippen molar-refractivity contribution in [3.8, 4) is 16.6 Å². The summed E-state index contributed by atoms with van der Waals surface area (Å²) in [6.45, 7) is 0.621. The molecule has 0 saturated heterocycles. The molecular formula is C15H11ClN4S. The molecule has 21 heavy (non-hydrogen) atoms. The van der Waals surface area contributed by atoms with Crippen LogP contribution in [0.2, 0.25) is 5.02 Å². The maximum absolute atomic E-state index is 8.99. The second kappa shape index (κ2) is 6.00. The molecule has 0 radical (unpaired) electrons. The number of aromatic nitrogens is 2. The lowest BCUT2D eigenvalue weighted by Gasteiger charge is -2.07. The molecule has 0 amide bonds. The Hall–Kier alpha value is -2.29. The van der Waals surface area contributed by atoms with Gasteiger partial charge in [-0.3, -0.25) is 5.10 Å². The number of thiophene rings is 1. The Bertz CT molecular complexity index is 786. The van der Waals surface area contributed by atoms with Gasteiger partial charge in [0.1, 0.15) is 6.07 Å². The van der Waals surface area contributed by atoms with E-state index >= 15 is 0 Å². The first-order valence-electron chi connectivity index (χ1n) is 6.27. The van der Waals surface area contributed by atoms with Gasteiger partial charge in [-0.15, -0.1) is 11.3 Å². The Balaban J connectivity index is 1.77. The van der Waals surface area contributed by atoms with Crippen LogP contribution < -0.4 is 5.32 Å². The molecule has 0 aliphatic heterocycles. The van der Waals surface area contributed by atoms with E-state index in [1.54, 1.807) is 23.5 Å². The molecule has 0 atom stereocenters. The molecule has 2 N–H and O–H groups in total. The van der Waals surface area contributed by atoms with Crippen molar-refractivity contribution in [2.75, 3.05) is 5.32 Å². The van der Waals surface area contributed by atoms with Crippen molar-refractivity contribution in [1.82, 2.24) is 10.2 Å². The average Bonchev–Trinajstić information content (AvgIpc) is 3.17. The van der Waals surface area contributed by atoms with Crippen LogP contribution in [0.1, 0.15) is 11.1 Å². The van der Waals surface area contributed by atoms with Gasteiger partial charge < -0.3 is 5.32 Å². The number of rotatable bonds is 4. The second-order valence-electron chi connectivity index (χ2n) is 4.41.